The summed E-state index contributed by atoms with van der Waals surface area (Å²) >= 11 is 0. The average Bonchev–Trinajstić information content (AvgIpc) is 2.83. The highest BCUT2D eigenvalue weighted by Gasteiger charge is 2.28. The lowest BCUT2D eigenvalue weighted by atomic mass is 10.0. The van der Waals surface area contributed by atoms with Crippen molar-refractivity contribution in [3.05, 3.63) is 0 Å². The Kier molecular flexibility index (Phi) is 6.09. The molecule has 1 saturated heterocycles. The summed E-state index contributed by atoms with van der Waals surface area (Å²) in [5.41, 5.74) is -0.425. The molecule has 22 heavy (non-hydrogen) atoms. The van der Waals surface area contributed by atoms with E-state index in [-0.39, 0.29) is 12.1 Å². The van der Waals surface area contributed by atoms with Gasteiger partial charge in [-0.1, -0.05) is 6.42 Å². The maximum atomic E-state index is 11.8. The van der Waals surface area contributed by atoms with Gasteiger partial charge in [0.25, 0.3) is 0 Å². The highest BCUT2D eigenvalue weighted by atomic mass is 16.6. The van der Waals surface area contributed by atoms with Crippen molar-refractivity contribution < 1.29 is 9.53 Å². The maximum Gasteiger partial charge on any atom is 0.407 e. The van der Waals surface area contributed by atoms with Crippen molar-refractivity contribution in [2.75, 3.05) is 20.1 Å². The molecule has 2 fully saturated rings. The molecule has 0 radical (unpaired) electrons. The number of carbonyl (C=O) groups is 1. The Hall–Kier alpha value is -0.810. The van der Waals surface area contributed by atoms with Gasteiger partial charge in [-0.25, -0.2) is 4.79 Å². The van der Waals surface area contributed by atoms with Gasteiger partial charge in [0.1, 0.15) is 5.60 Å². The Morgan fingerprint density at radius 3 is 2.59 bits per heavy atom. The van der Waals surface area contributed by atoms with E-state index in [2.05, 4.69) is 22.6 Å². The fourth-order valence-corrected chi connectivity index (χ4v) is 3.48. The second-order valence-electron chi connectivity index (χ2n) is 7.89. The van der Waals surface area contributed by atoms with E-state index in [4.69, 9.17) is 4.74 Å². The van der Waals surface area contributed by atoms with Crippen molar-refractivity contribution in [2.45, 2.75) is 83.0 Å². The number of nitrogens with one attached hydrogen (secondary N) is 2. The van der Waals surface area contributed by atoms with Crippen LogP contribution in [0.5, 0.6) is 0 Å². The third kappa shape index (κ3) is 5.76. The van der Waals surface area contributed by atoms with E-state index >= 15 is 0 Å². The zero-order valence-corrected chi connectivity index (χ0v) is 14.7. The molecule has 1 amide bonds. The fourth-order valence-electron chi connectivity index (χ4n) is 3.48. The number of likely N-dealkylation sites (tertiary alicyclic amines) is 1. The normalized spacial score (nSPS) is 30.3. The van der Waals surface area contributed by atoms with Gasteiger partial charge in [-0.2, -0.15) is 0 Å². The summed E-state index contributed by atoms with van der Waals surface area (Å²) < 4.78 is 5.33. The first kappa shape index (κ1) is 17.5. The van der Waals surface area contributed by atoms with Gasteiger partial charge in [0.05, 0.1) is 0 Å². The smallest absolute Gasteiger partial charge is 0.407 e. The molecule has 0 aromatic heterocycles. The zero-order chi connectivity index (χ0) is 16.2. The molecule has 3 unspecified atom stereocenters. The summed E-state index contributed by atoms with van der Waals surface area (Å²) in [7, 11) is 2.23. The molecule has 0 spiro atoms. The first-order valence-electron chi connectivity index (χ1n) is 8.76. The van der Waals surface area contributed by atoms with Gasteiger partial charge >= 0.3 is 6.09 Å². The number of hydrogen-bond acceptors (Lipinski definition) is 4. The van der Waals surface area contributed by atoms with E-state index in [1.54, 1.807) is 0 Å². The Balaban J connectivity index is 1.66. The number of alkyl carbamates (subject to hydrolysis) is 1. The molecule has 5 nitrogen and oxygen atoms in total. The molecule has 1 saturated carbocycles. The molecule has 2 aliphatic rings. The van der Waals surface area contributed by atoms with Crippen LogP contribution in [0.1, 0.15) is 59.3 Å². The summed E-state index contributed by atoms with van der Waals surface area (Å²) in [6, 6.07) is 1.44. The molecule has 2 N–H and O–H groups in total. The predicted octanol–water partition coefficient (Wildman–Crippen LogP) is 2.51. The predicted molar refractivity (Wildman–Crippen MR) is 89.1 cm³/mol. The van der Waals surface area contributed by atoms with Crippen LogP contribution in [0.4, 0.5) is 4.79 Å². The topological polar surface area (TPSA) is 53.6 Å². The minimum atomic E-state index is -0.425. The van der Waals surface area contributed by atoms with Gasteiger partial charge in [-0.15, -0.1) is 0 Å². The third-order valence-electron chi connectivity index (χ3n) is 4.72. The van der Waals surface area contributed by atoms with Crippen LogP contribution in [-0.2, 0) is 4.74 Å². The van der Waals surface area contributed by atoms with Gasteiger partial charge in [0.2, 0.25) is 0 Å². The highest BCUT2D eigenvalue weighted by Crippen LogP contribution is 2.21. The van der Waals surface area contributed by atoms with E-state index in [1.807, 2.05) is 20.8 Å². The summed E-state index contributed by atoms with van der Waals surface area (Å²) in [6.07, 6.45) is 6.88. The SMILES string of the molecule is CN1CCCCC1CNC1CCC(NC(=O)OC(C)(C)C)C1. The second kappa shape index (κ2) is 7.64. The molecule has 0 aromatic rings. The minimum Gasteiger partial charge on any atom is -0.444 e. The van der Waals surface area contributed by atoms with Crippen molar-refractivity contribution in [3.63, 3.8) is 0 Å². The molecular weight excluding hydrogens is 278 g/mol. The first-order chi connectivity index (χ1) is 10.3. The molecular formula is C17H33N3O2. The first-order valence-corrected chi connectivity index (χ1v) is 8.76. The van der Waals surface area contributed by atoms with E-state index in [1.165, 1.54) is 25.8 Å². The molecule has 1 aliphatic heterocycles. The minimum absolute atomic E-state index is 0.247. The second-order valence-corrected chi connectivity index (χ2v) is 7.89. The highest BCUT2D eigenvalue weighted by molar-refractivity contribution is 5.68. The third-order valence-corrected chi connectivity index (χ3v) is 4.72. The number of nitrogens with zero attached hydrogens (tertiary/aromatic N) is 1. The molecule has 0 aromatic carbocycles. The van der Waals surface area contributed by atoms with Crippen LogP contribution in [0.3, 0.4) is 0 Å². The molecule has 1 heterocycles. The summed E-state index contributed by atoms with van der Waals surface area (Å²) in [4.78, 5) is 14.3. The standard InChI is InChI=1S/C17H33N3O2/c1-17(2,3)22-16(21)19-14-9-8-13(11-14)18-12-15-7-5-6-10-20(15)4/h13-15,18H,5-12H2,1-4H3,(H,19,21). The van der Waals surface area contributed by atoms with E-state index in [9.17, 15) is 4.79 Å². The largest absolute Gasteiger partial charge is 0.444 e. The van der Waals surface area contributed by atoms with Gasteiger partial charge < -0.3 is 20.3 Å². The van der Waals surface area contributed by atoms with Gasteiger partial charge in [-0.05, 0) is 66.5 Å². The number of ether oxygens (including phenoxy) is 1. The molecule has 128 valence electrons. The van der Waals surface area contributed by atoms with Crippen LogP contribution < -0.4 is 10.6 Å². The summed E-state index contributed by atoms with van der Waals surface area (Å²) in [5, 5.41) is 6.70. The quantitative estimate of drug-likeness (QED) is 0.837. The van der Waals surface area contributed by atoms with Gasteiger partial charge in [-0.3, -0.25) is 0 Å². The van der Waals surface area contributed by atoms with Crippen LogP contribution in [0.15, 0.2) is 0 Å². The van der Waals surface area contributed by atoms with Gasteiger partial charge in [0.15, 0.2) is 0 Å². The number of amides is 1. The molecule has 2 rings (SSSR count). The maximum absolute atomic E-state index is 11.8. The lowest BCUT2D eigenvalue weighted by Gasteiger charge is -2.33. The Labute approximate surface area is 135 Å². The van der Waals surface area contributed by atoms with Crippen molar-refractivity contribution >= 4 is 6.09 Å². The molecule has 0 bridgehead atoms. The average molecular weight is 311 g/mol. The number of rotatable bonds is 4. The Morgan fingerprint density at radius 2 is 1.91 bits per heavy atom. The van der Waals surface area contributed by atoms with Crippen LogP contribution >= 0.6 is 0 Å². The van der Waals surface area contributed by atoms with Crippen molar-refractivity contribution in [3.8, 4) is 0 Å². The molecule has 1 aliphatic carbocycles. The lowest BCUT2D eigenvalue weighted by molar-refractivity contribution is 0.0505. The Bertz CT molecular complexity index is 367. The summed E-state index contributed by atoms with van der Waals surface area (Å²) in [6.45, 7) is 7.98. The molecule has 5 heteroatoms. The van der Waals surface area contributed by atoms with Crippen LogP contribution in [0.25, 0.3) is 0 Å². The fraction of sp³-hybridized carbons (Fsp3) is 0.941. The van der Waals surface area contributed by atoms with E-state index in [0.717, 1.165) is 25.8 Å². The van der Waals surface area contributed by atoms with Crippen molar-refractivity contribution in [2.24, 2.45) is 0 Å². The number of hydrogen-bond donors (Lipinski definition) is 2. The zero-order valence-electron chi connectivity index (χ0n) is 14.7. The van der Waals surface area contributed by atoms with E-state index in [0.29, 0.717) is 12.1 Å². The monoisotopic (exact) mass is 311 g/mol. The van der Waals surface area contributed by atoms with Crippen LogP contribution in [-0.4, -0.2) is 54.9 Å². The van der Waals surface area contributed by atoms with Gasteiger partial charge in [0, 0.05) is 24.7 Å². The van der Waals surface area contributed by atoms with Crippen molar-refractivity contribution in [1.29, 1.82) is 0 Å². The lowest BCUT2D eigenvalue weighted by Crippen LogP contribution is -2.45. The number of piperidine rings is 1. The number of likely N-dealkylation sites (N-methyl/N-ethyl adjacent to an activating group) is 1. The summed E-state index contributed by atoms with van der Waals surface area (Å²) in [5.74, 6) is 0. The van der Waals surface area contributed by atoms with Crippen molar-refractivity contribution in [1.82, 2.24) is 15.5 Å². The Morgan fingerprint density at radius 1 is 1.18 bits per heavy atom. The van der Waals surface area contributed by atoms with Crippen LogP contribution in [0.2, 0.25) is 0 Å². The molecule has 3 atom stereocenters. The number of carbonyl (C=O) groups excluding carboxylic acids is 1. The van der Waals surface area contributed by atoms with E-state index < -0.39 is 5.60 Å². The van der Waals surface area contributed by atoms with Crippen LogP contribution in [0, 0.1) is 0 Å².